The van der Waals surface area contributed by atoms with Gasteiger partial charge in [0, 0.05) is 31.4 Å². The Bertz CT molecular complexity index is 836. The maximum atomic E-state index is 13.0. The summed E-state index contributed by atoms with van der Waals surface area (Å²) in [5, 5.41) is 6.12. The lowest BCUT2D eigenvalue weighted by Crippen LogP contribution is -2.39. The molecule has 0 unspecified atom stereocenters. The summed E-state index contributed by atoms with van der Waals surface area (Å²) in [5.74, 6) is -0.545. The first kappa shape index (κ1) is 22.4. The molecule has 0 saturated heterocycles. The van der Waals surface area contributed by atoms with E-state index in [4.69, 9.17) is 9.26 Å². The van der Waals surface area contributed by atoms with Crippen LogP contribution in [0.2, 0.25) is 0 Å². The Balaban J connectivity index is 2.13. The highest BCUT2D eigenvalue weighted by Crippen LogP contribution is 2.29. The van der Waals surface area contributed by atoms with E-state index in [-0.39, 0.29) is 24.5 Å². The molecule has 0 radical (unpaired) electrons. The standard InChI is InChI=1S/C19H22F3N3O4/c1-3-28-9-5-8-25(12-17(26)23-16-10-13(2)29-24-16)18(27)14-6-4-7-15(11-14)19(20,21)22/h4,6-7,10-11H,3,5,8-9,12H2,1-2H3,(H,23,24,26). The Hall–Kier alpha value is -2.88. The summed E-state index contributed by atoms with van der Waals surface area (Å²) >= 11 is 0. The second-order valence-corrected chi connectivity index (χ2v) is 6.23. The number of nitrogens with zero attached hydrogens (tertiary/aromatic N) is 2. The second-order valence-electron chi connectivity index (χ2n) is 6.23. The molecular weight excluding hydrogens is 391 g/mol. The van der Waals surface area contributed by atoms with Crippen LogP contribution in [-0.2, 0) is 15.7 Å². The minimum absolute atomic E-state index is 0.139. The first-order chi connectivity index (χ1) is 13.7. The van der Waals surface area contributed by atoms with Gasteiger partial charge in [-0.1, -0.05) is 11.2 Å². The lowest BCUT2D eigenvalue weighted by atomic mass is 10.1. The van der Waals surface area contributed by atoms with Crippen LogP contribution < -0.4 is 5.32 Å². The number of aryl methyl sites for hydroxylation is 1. The monoisotopic (exact) mass is 413 g/mol. The number of halogens is 3. The lowest BCUT2D eigenvalue weighted by Gasteiger charge is -2.22. The molecule has 1 aromatic heterocycles. The molecule has 1 N–H and O–H groups in total. The quantitative estimate of drug-likeness (QED) is 0.636. The third-order valence-corrected chi connectivity index (χ3v) is 3.87. The summed E-state index contributed by atoms with van der Waals surface area (Å²) < 4.78 is 48.9. The Morgan fingerprint density at radius 2 is 2.03 bits per heavy atom. The summed E-state index contributed by atoms with van der Waals surface area (Å²) in [6.45, 7) is 4.10. The van der Waals surface area contributed by atoms with Crippen molar-refractivity contribution in [3.8, 4) is 0 Å². The van der Waals surface area contributed by atoms with Crippen LogP contribution in [0.25, 0.3) is 0 Å². The van der Waals surface area contributed by atoms with E-state index in [2.05, 4.69) is 10.5 Å². The number of aromatic nitrogens is 1. The van der Waals surface area contributed by atoms with Crippen molar-refractivity contribution in [3.63, 3.8) is 0 Å². The zero-order valence-corrected chi connectivity index (χ0v) is 16.1. The highest BCUT2D eigenvalue weighted by molar-refractivity contribution is 5.99. The molecule has 0 atom stereocenters. The minimum atomic E-state index is -4.57. The van der Waals surface area contributed by atoms with Crippen LogP contribution in [0.15, 0.2) is 34.9 Å². The molecule has 0 fully saturated rings. The Kier molecular flexibility index (Phi) is 7.77. The normalized spacial score (nSPS) is 11.3. The van der Waals surface area contributed by atoms with Crippen LogP contribution >= 0.6 is 0 Å². The first-order valence-corrected chi connectivity index (χ1v) is 8.98. The molecule has 10 heteroatoms. The van der Waals surface area contributed by atoms with Gasteiger partial charge in [-0.15, -0.1) is 0 Å². The number of hydrogen-bond acceptors (Lipinski definition) is 5. The zero-order valence-electron chi connectivity index (χ0n) is 16.1. The highest BCUT2D eigenvalue weighted by Gasteiger charge is 2.31. The molecule has 0 saturated carbocycles. The fourth-order valence-corrected chi connectivity index (χ4v) is 2.55. The maximum Gasteiger partial charge on any atom is 0.416 e. The highest BCUT2D eigenvalue weighted by atomic mass is 19.4. The van der Waals surface area contributed by atoms with Crippen molar-refractivity contribution in [1.82, 2.24) is 10.1 Å². The van der Waals surface area contributed by atoms with E-state index in [1.54, 1.807) is 6.92 Å². The number of hydrogen-bond donors (Lipinski definition) is 1. The van der Waals surface area contributed by atoms with E-state index in [1.165, 1.54) is 17.0 Å². The molecule has 29 heavy (non-hydrogen) atoms. The number of amides is 2. The van der Waals surface area contributed by atoms with Crippen LogP contribution in [0.3, 0.4) is 0 Å². The van der Waals surface area contributed by atoms with Gasteiger partial charge in [-0.25, -0.2) is 0 Å². The van der Waals surface area contributed by atoms with Crippen LogP contribution in [0.4, 0.5) is 19.0 Å². The predicted octanol–water partition coefficient (Wildman–Crippen LogP) is 3.51. The third kappa shape index (κ3) is 6.90. The number of anilines is 1. The number of alkyl halides is 3. The number of carbonyl (C=O) groups is 2. The van der Waals surface area contributed by atoms with Gasteiger partial charge in [0.2, 0.25) is 5.91 Å². The molecule has 0 bridgehead atoms. The van der Waals surface area contributed by atoms with E-state index in [0.29, 0.717) is 25.4 Å². The first-order valence-electron chi connectivity index (χ1n) is 8.98. The van der Waals surface area contributed by atoms with Crippen molar-refractivity contribution in [2.45, 2.75) is 26.4 Å². The molecule has 0 aliphatic rings. The average molecular weight is 413 g/mol. The molecule has 1 aromatic carbocycles. The molecule has 7 nitrogen and oxygen atoms in total. The van der Waals surface area contributed by atoms with Crippen LogP contribution in [0.1, 0.15) is 35.0 Å². The van der Waals surface area contributed by atoms with Gasteiger partial charge in [0.05, 0.1) is 5.56 Å². The number of benzene rings is 1. The van der Waals surface area contributed by atoms with Gasteiger partial charge in [0.15, 0.2) is 5.82 Å². The second kappa shape index (κ2) is 10.1. The number of rotatable bonds is 9. The minimum Gasteiger partial charge on any atom is -0.382 e. The summed E-state index contributed by atoms with van der Waals surface area (Å²) in [6, 6.07) is 5.61. The summed E-state index contributed by atoms with van der Waals surface area (Å²) in [5.41, 5.74) is -1.08. The molecule has 158 valence electrons. The van der Waals surface area contributed by atoms with Crippen LogP contribution in [0, 0.1) is 6.92 Å². The van der Waals surface area contributed by atoms with Gasteiger partial charge < -0.3 is 19.5 Å². The Morgan fingerprint density at radius 3 is 2.66 bits per heavy atom. The van der Waals surface area contributed by atoms with Crippen molar-refractivity contribution in [3.05, 3.63) is 47.2 Å². The average Bonchev–Trinajstić information content (AvgIpc) is 3.07. The van der Waals surface area contributed by atoms with E-state index in [9.17, 15) is 22.8 Å². The summed E-state index contributed by atoms with van der Waals surface area (Å²) in [7, 11) is 0. The van der Waals surface area contributed by atoms with E-state index < -0.39 is 23.6 Å². The van der Waals surface area contributed by atoms with E-state index in [0.717, 1.165) is 18.2 Å². The Morgan fingerprint density at radius 1 is 1.28 bits per heavy atom. The van der Waals surface area contributed by atoms with Gasteiger partial charge in [-0.2, -0.15) is 13.2 Å². The van der Waals surface area contributed by atoms with Crippen LogP contribution in [-0.4, -0.2) is 48.2 Å². The SMILES string of the molecule is CCOCCCN(CC(=O)Nc1cc(C)on1)C(=O)c1cccc(C(F)(F)F)c1. The molecule has 2 aromatic rings. The fraction of sp³-hybridized carbons (Fsp3) is 0.421. The zero-order chi connectivity index (χ0) is 21.4. The van der Waals surface area contributed by atoms with Gasteiger partial charge in [-0.3, -0.25) is 9.59 Å². The van der Waals surface area contributed by atoms with Crippen molar-refractivity contribution in [1.29, 1.82) is 0 Å². The van der Waals surface area contributed by atoms with E-state index in [1.807, 2.05) is 6.92 Å². The van der Waals surface area contributed by atoms with Crippen molar-refractivity contribution in [2.75, 3.05) is 31.6 Å². The third-order valence-electron chi connectivity index (χ3n) is 3.87. The molecule has 0 spiro atoms. The number of nitrogens with one attached hydrogen (secondary N) is 1. The van der Waals surface area contributed by atoms with Crippen molar-refractivity contribution >= 4 is 17.6 Å². The van der Waals surface area contributed by atoms with Gasteiger partial charge in [-0.05, 0) is 38.5 Å². The van der Waals surface area contributed by atoms with Crippen molar-refractivity contribution in [2.24, 2.45) is 0 Å². The van der Waals surface area contributed by atoms with Gasteiger partial charge >= 0.3 is 6.18 Å². The van der Waals surface area contributed by atoms with Gasteiger partial charge in [0.1, 0.15) is 12.3 Å². The molecule has 2 rings (SSSR count). The number of ether oxygens (including phenoxy) is 1. The predicted molar refractivity (Wildman–Crippen MR) is 98.3 cm³/mol. The lowest BCUT2D eigenvalue weighted by molar-refractivity contribution is -0.137. The Labute approximate surface area is 165 Å². The smallest absolute Gasteiger partial charge is 0.382 e. The largest absolute Gasteiger partial charge is 0.416 e. The molecule has 0 aliphatic heterocycles. The van der Waals surface area contributed by atoms with Crippen molar-refractivity contribution < 1.29 is 32.0 Å². The fourth-order valence-electron chi connectivity index (χ4n) is 2.55. The molecular formula is C19H22F3N3O4. The van der Waals surface area contributed by atoms with Crippen LogP contribution in [0.5, 0.6) is 0 Å². The molecule has 0 aliphatic carbocycles. The van der Waals surface area contributed by atoms with E-state index >= 15 is 0 Å². The number of carbonyl (C=O) groups excluding carboxylic acids is 2. The van der Waals surface area contributed by atoms with Gasteiger partial charge in [0.25, 0.3) is 5.91 Å². The topological polar surface area (TPSA) is 84.7 Å². The molecule has 1 heterocycles. The molecule has 2 amide bonds. The summed E-state index contributed by atoms with van der Waals surface area (Å²) in [4.78, 5) is 26.2. The summed E-state index contributed by atoms with van der Waals surface area (Å²) in [6.07, 6.45) is -4.15. The maximum absolute atomic E-state index is 13.0.